The summed E-state index contributed by atoms with van der Waals surface area (Å²) in [5, 5.41) is 9.60. The third-order valence-electron chi connectivity index (χ3n) is 3.26. The van der Waals surface area contributed by atoms with Crippen LogP contribution in [0.3, 0.4) is 0 Å². The van der Waals surface area contributed by atoms with Gasteiger partial charge in [0.1, 0.15) is 0 Å². The first-order chi connectivity index (χ1) is 8.45. The topological polar surface area (TPSA) is 57.6 Å². The number of benzene rings is 1. The summed E-state index contributed by atoms with van der Waals surface area (Å²) < 4.78 is 26.3. The minimum Gasteiger partial charge on any atom is -0.396 e. The van der Waals surface area contributed by atoms with Gasteiger partial charge in [-0.1, -0.05) is 11.6 Å². The lowest BCUT2D eigenvalue weighted by Gasteiger charge is -2.17. The van der Waals surface area contributed by atoms with E-state index in [1.165, 1.54) is 4.31 Å². The van der Waals surface area contributed by atoms with E-state index in [1.54, 1.807) is 25.1 Å². The van der Waals surface area contributed by atoms with Gasteiger partial charge in [0.2, 0.25) is 10.0 Å². The fraction of sp³-hybridized carbons (Fsp3) is 0.500. The fourth-order valence-corrected chi connectivity index (χ4v) is 4.17. The summed E-state index contributed by atoms with van der Waals surface area (Å²) in [6, 6.07) is 4.77. The zero-order valence-corrected chi connectivity index (χ0v) is 11.7. The van der Waals surface area contributed by atoms with Crippen LogP contribution in [0, 0.1) is 12.8 Å². The van der Waals surface area contributed by atoms with Crippen molar-refractivity contribution in [2.24, 2.45) is 5.92 Å². The average Bonchev–Trinajstić information content (AvgIpc) is 2.77. The molecule has 1 heterocycles. The van der Waals surface area contributed by atoms with Crippen molar-refractivity contribution >= 4 is 21.6 Å². The van der Waals surface area contributed by atoms with Gasteiger partial charge in [0.15, 0.2) is 0 Å². The predicted molar refractivity (Wildman–Crippen MR) is 70.1 cm³/mol. The van der Waals surface area contributed by atoms with Crippen LogP contribution in [0.5, 0.6) is 0 Å². The second kappa shape index (κ2) is 5.17. The molecule has 0 radical (unpaired) electrons. The van der Waals surface area contributed by atoms with Gasteiger partial charge < -0.3 is 5.11 Å². The molecule has 4 nitrogen and oxygen atoms in total. The molecule has 1 fully saturated rings. The van der Waals surface area contributed by atoms with Gasteiger partial charge in [-0.15, -0.1) is 0 Å². The van der Waals surface area contributed by atoms with Crippen LogP contribution >= 0.6 is 11.6 Å². The number of hydrogen-bond donors (Lipinski definition) is 1. The summed E-state index contributed by atoms with van der Waals surface area (Å²) in [6.07, 6.45) is 0.711. The Morgan fingerprint density at radius 1 is 1.50 bits per heavy atom. The molecule has 0 saturated carbocycles. The zero-order chi connectivity index (χ0) is 13.3. The van der Waals surface area contributed by atoms with E-state index in [0.29, 0.717) is 35.0 Å². The Balaban J connectivity index is 2.31. The molecule has 1 atom stereocenters. The molecule has 1 aliphatic heterocycles. The third kappa shape index (κ3) is 2.54. The molecule has 18 heavy (non-hydrogen) atoms. The van der Waals surface area contributed by atoms with Crippen molar-refractivity contribution in [3.8, 4) is 0 Å². The third-order valence-corrected chi connectivity index (χ3v) is 5.52. The van der Waals surface area contributed by atoms with Gasteiger partial charge in [-0.05, 0) is 43.0 Å². The first-order valence-electron chi connectivity index (χ1n) is 5.82. The molecule has 0 aliphatic carbocycles. The van der Waals surface area contributed by atoms with Crippen molar-refractivity contribution in [1.29, 1.82) is 0 Å². The van der Waals surface area contributed by atoms with Crippen molar-refractivity contribution in [2.75, 3.05) is 19.7 Å². The van der Waals surface area contributed by atoms with E-state index >= 15 is 0 Å². The minimum absolute atomic E-state index is 0.0334. The summed E-state index contributed by atoms with van der Waals surface area (Å²) in [5.41, 5.74) is 0.648. The van der Waals surface area contributed by atoms with Crippen molar-refractivity contribution in [1.82, 2.24) is 4.31 Å². The molecule has 1 aliphatic rings. The summed E-state index contributed by atoms with van der Waals surface area (Å²) >= 11 is 5.83. The van der Waals surface area contributed by atoms with E-state index in [2.05, 4.69) is 0 Å². The quantitative estimate of drug-likeness (QED) is 0.920. The maximum Gasteiger partial charge on any atom is 0.243 e. The Morgan fingerprint density at radius 2 is 2.22 bits per heavy atom. The van der Waals surface area contributed by atoms with Crippen LogP contribution in [0.25, 0.3) is 0 Å². The van der Waals surface area contributed by atoms with Crippen molar-refractivity contribution in [3.63, 3.8) is 0 Å². The summed E-state index contributed by atoms with van der Waals surface area (Å²) in [6.45, 7) is 2.63. The number of nitrogens with zero attached hydrogens (tertiary/aromatic N) is 1. The van der Waals surface area contributed by atoms with Gasteiger partial charge in [0.25, 0.3) is 0 Å². The molecule has 0 aromatic heterocycles. The second-order valence-corrected chi connectivity index (χ2v) is 6.95. The lowest BCUT2D eigenvalue weighted by molar-refractivity contribution is 0.233. The monoisotopic (exact) mass is 289 g/mol. The summed E-state index contributed by atoms with van der Waals surface area (Å²) in [4.78, 5) is 0.297. The van der Waals surface area contributed by atoms with E-state index < -0.39 is 10.0 Å². The van der Waals surface area contributed by atoms with Gasteiger partial charge in [0.05, 0.1) is 4.90 Å². The highest BCUT2D eigenvalue weighted by atomic mass is 35.5. The number of halogens is 1. The second-order valence-electron chi connectivity index (χ2n) is 4.61. The molecule has 2 rings (SSSR count). The Labute approximate surface area is 112 Å². The molecule has 6 heteroatoms. The van der Waals surface area contributed by atoms with Gasteiger partial charge in [-0.3, -0.25) is 0 Å². The van der Waals surface area contributed by atoms with Crippen molar-refractivity contribution in [3.05, 3.63) is 28.8 Å². The normalized spacial score (nSPS) is 21.4. The number of aryl methyl sites for hydroxylation is 1. The number of aliphatic hydroxyl groups excluding tert-OH is 1. The lowest BCUT2D eigenvalue weighted by Crippen LogP contribution is -2.29. The van der Waals surface area contributed by atoms with Crippen molar-refractivity contribution in [2.45, 2.75) is 18.2 Å². The molecular formula is C12H16ClNO3S. The smallest absolute Gasteiger partial charge is 0.243 e. The molecule has 0 amide bonds. The van der Waals surface area contributed by atoms with E-state index in [-0.39, 0.29) is 12.5 Å². The Morgan fingerprint density at radius 3 is 2.78 bits per heavy atom. The molecule has 1 N–H and O–H groups in total. The van der Waals surface area contributed by atoms with Crippen LogP contribution in [0.15, 0.2) is 23.1 Å². The van der Waals surface area contributed by atoms with E-state index in [1.807, 2.05) is 0 Å². The number of aliphatic hydroxyl groups is 1. The highest BCUT2D eigenvalue weighted by Crippen LogP contribution is 2.27. The standard InChI is InChI=1S/C12H16ClNO3S/c1-9-6-11(13)2-3-12(9)18(16,17)14-5-4-10(7-14)8-15/h2-3,6,10,15H,4-5,7-8H2,1H3. The Kier molecular flexibility index (Phi) is 3.96. The maximum atomic E-state index is 12.4. The van der Waals surface area contributed by atoms with Crippen LogP contribution < -0.4 is 0 Å². The summed E-state index contributed by atoms with van der Waals surface area (Å²) in [5.74, 6) is 0.0485. The van der Waals surface area contributed by atoms with Crippen LogP contribution in [-0.2, 0) is 10.0 Å². The van der Waals surface area contributed by atoms with Gasteiger partial charge in [-0.2, -0.15) is 4.31 Å². The molecule has 1 saturated heterocycles. The van der Waals surface area contributed by atoms with Gasteiger partial charge in [0, 0.05) is 24.7 Å². The molecule has 100 valence electrons. The highest BCUT2D eigenvalue weighted by Gasteiger charge is 2.32. The SMILES string of the molecule is Cc1cc(Cl)ccc1S(=O)(=O)N1CCC(CO)C1. The highest BCUT2D eigenvalue weighted by molar-refractivity contribution is 7.89. The van der Waals surface area contributed by atoms with Crippen LogP contribution in [0.2, 0.25) is 5.02 Å². The fourth-order valence-electron chi connectivity index (χ4n) is 2.21. The van der Waals surface area contributed by atoms with Gasteiger partial charge >= 0.3 is 0 Å². The average molecular weight is 290 g/mol. The van der Waals surface area contributed by atoms with E-state index in [4.69, 9.17) is 16.7 Å². The molecule has 0 spiro atoms. The van der Waals surface area contributed by atoms with Crippen molar-refractivity contribution < 1.29 is 13.5 Å². The van der Waals surface area contributed by atoms with E-state index in [0.717, 1.165) is 0 Å². The van der Waals surface area contributed by atoms with Gasteiger partial charge in [-0.25, -0.2) is 8.42 Å². The number of sulfonamides is 1. The van der Waals surface area contributed by atoms with Crippen LogP contribution in [0.4, 0.5) is 0 Å². The predicted octanol–water partition coefficient (Wildman–Crippen LogP) is 1.65. The zero-order valence-electron chi connectivity index (χ0n) is 10.1. The largest absolute Gasteiger partial charge is 0.396 e. The van der Waals surface area contributed by atoms with Crippen LogP contribution in [0.1, 0.15) is 12.0 Å². The number of hydrogen-bond acceptors (Lipinski definition) is 3. The lowest BCUT2D eigenvalue weighted by atomic mass is 10.1. The Bertz CT molecular complexity index is 544. The maximum absolute atomic E-state index is 12.4. The minimum atomic E-state index is -3.47. The Hall–Kier alpha value is -0.620. The first kappa shape index (κ1) is 13.8. The molecule has 1 aromatic carbocycles. The van der Waals surface area contributed by atoms with E-state index in [9.17, 15) is 8.42 Å². The summed E-state index contributed by atoms with van der Waals surface area (Å²) in [7, 11) is -3.47. The molecule has 1 aromatic rings. The molecule has 1 unspecified atom stereocenters. The molecular weight excluding hydrogens is 274 g/mol. The number of rotatable bonds is 3. The molecule has 0 bridgehead atoms. The first-order valence-corrected chi connectivity index (χ1v) is 7.64. The van der Waals surface area contributed by atoms with Crippen LogP contribution in [-0.4, -0.2) is 37.5 Å².